The lowest BCUT2D eigenvalue weighted by atomic mass is 10.00. The molecule has 2 rings (SSSR count). The Labute approximate surface area is 120 Å². The van der Waals surface area contributed by atoms with Crippen molar-refractivity contribution in [2.45, 2.75) is 36.0 Å². The van der Waals surface area contributed by atoms with Gasteiger partial charge in [-0.1, -0.05) is 43.0 Å². The van der Waals surface area contributed by atoms with Crippen molar-refractivity contribution in [2.24, 2.45) is 5.92 Å². The maximum Gasteiger partial charge on any atom is 0.0583 e. The van der Waals surface area contributed by atoms with E-state index in [2.05, 4.69) is 0 Å². The van der Waals surface area contributed by atoms with Crippen LogP contribution in [0.15, 0.2) is 46.2 Å². The van der Waals surface area contributed by atoms with Crippen molar-refractivity contribution >= 4 is 22.8 Å². The van der Waals surface area contributed by atoms with Crippen LogP contribution in [0.25, 0.3) is 0 Å². The highest BCUT2D eigenvalue weighted by molar-refractivity contribution is 8.03. The van der Waals surface area contributed by atoms with Gasteiger partial charge in [-0.25, -0.2) is 0 Å². The highest BCUT2D eigenvalue weighted by Gasteiger charge is 2.27. The van der Waals surface area contributed by atoms with E-state index >= 15 is 0 Å². The lowest BCUT2D eigenvalue weighted by molar-refractivity contribution is 0.113. The normalized spacial score (nSPS) is 29.4. The zero-order chi connectivity index (χ0) is 13.8. The van der Waals surface area contributed by atoms with E-state index < -0.39 is 22.4 Å². The molecule has 4 atom stereocenters. The van der Waals surface area contributed by atoms with Gasteiger partial charge in [-0.05, 0) is 46.9 Å². The van der Waals surface area contributed by atoms with Crippen LogP contribution < -0.4 is 0 Å². The molecule has 1 unspecified atom stereocenters. The Morgan fingerprint density at radius 3 is 2.68 bits per heavy atom. The van der Waals surface area contributed by atoms with Crippen LogP contribution in [0.5, 0.6) is 0 Å². The van der Waals surface area contributed by atoms with Crippen LogP contribution in [0.4, 0.5) is 0 Å². The Hall–Kier alpha value is -0.620. The highest BCUT2D eigenvalue weighted by atomic mass is 32.2. The molecule has 1 aliphatic carbocycles. The van der Waals surface area contributed by atoms with E-state index in [0.29, 0.717) is 6.42 Å². The predicted octanol–water partition coefficient (Wildman–Crippen LogP) is 2.70. The van der Waals surface area contributed by atoms with Gasteiger partial charge in [0, 0.05) is 10.1 Å². The Morgan fingerprint density at radius 1 is 1.37 bits per heavy atom. The van der Waals surface area contributed by atoms with Gasteiger partial charge in [-0.2, -0.15) is 0 Å². The molecular formula is C14H17O3S2-. The molecule has 0 bridgehead atoms. The van der Waals surface area contributed by atoms with Crippen molar-refractivity contribution in [3.63, 3.8) is 0 Å². The molecule has 5 heteroatoms. The molecule has 104 valence electrons. The molecule has 1 aromatic rings. The van der Waals surface area contributed by atoms with Gasteiger partial charge >= 0.3 is 0 Å². The van der Waals surface area contributed by atoms with Gasteiger partial charge in [0.1, 0.15) is 0 Å². The third kappa shape index (κ3) is 3.92. The van der Waals surface area contributed by atoms with E-state index in [1.54, 1.807) is 24.8 Å². The molecule has 0 saturated heterocycles. The third-order valence-electron chi connectivity index (χ3n) is 3.38. The monoisotopic (exact) mass is 297 g/mol. The van der Waals surface area contributed by atoms with Crippen LogP contribution in [0, 0.1) is 5.92 Å². The fraction of sp³-hybridized carbons (Fsp3) is 0.429. The van der Waals surface area contributed by atoms with Gasteiger partial charge in [0.05, 0.1) is 6.10 Å². The molecule has 0 saturated carbocycles. The zero-order valence-corrected chi connectivity index (χ0v) is 12.3. The summed E-state index contributed by atoms with van der Waals surface area (Å²) in [6.07, 6.45) is 2.56. The average Bonchev–Trinajstić information content (AvgIpc) is 2.53. The van der Waals surface area contributed by atoms with Crippen LogP contribution in [0.3, 0.4) is 0 Å². The SMILES string of the molecule is C[C@@H]1[C@H](S(=O)[O-])C=C(Sc2ccccc2)CC[C@@H]1O. The summed E-state index contributed by atoms with van der Waals surface area (Å²) in [5.74, 6) is -0.257. The van der Waals surface area contributed by atoms with Crippen molar-refractivity contribution in [1.82, 2.24) is 0 Å². The summed E-state index contributed by atoms with van der Waals surface area (Å²) in [6, 6.07) is 9.87. The maximum atomic E-state index is 11.3. The number of allylic oxidation sites excluding steroid dienone is 1. The second kappa shape index (κ2) is 6.70. The number of aliphatic hydroxyl groups is 1. The molecule has 0 spiro atoms. The molecular weight excluding hydrogens is 280 g/mol. The minimum absolute atomic E-state index is 0.257. The molecule has 1 aromatic carbocycles. The van der Waals surface area contributed by atoms with E-state index in [9.17, 15) is 13.9 Å². The van der Waals surface area contributed by atoms with E-state index in [-0.39, 0.29) is 5.92 Å². The topological polar surface area (TPSA) is 60.4 Å². The number of aliphatic hydroxyl groups excluding tert-OH is 1. The fourth-order valence-electron chi connectivity index (χ4n) is 2.15. The average molecular weight is 297 g/mol. The molecule has 1 N–H and O–H groups in total. The zero-order valence-electron chi connectivity index (χ0n) is 10.7. The van der Waals surface area contributed by atoms with Gasteiger partial charge < -0.3 is 9.66 Å². The maximum absolute atomic E-state index is 11.3. The van der Waals surface area contributed by atoms with Crippen molar-refractivity contribution < 1.29 is 13.9 Å². The Morgan fingerprint density at radius 2 is 2.05 bits per heavy atom. The number of rotatable bonds is 3. The van der Waals surface area contributed by atoms with Crippen molar-refractivity contribution in [1.29, 1.82) is 0 Å². The lowest BCUT2D eigenvalue weighted by Crippen LogP contribution is -2.30. The second-order valence-corrected chi connectivity index (χ2v) is 7.00. The first-order chi connectivity index (χ1) is 9.08. The molecule has 0 aliphatic heterocycles. The first-order valence-electron chi connectivity index (χ1n) is 6.27. The minimum Gasteiger partial charge on any atom is -0.772 e. The predicted molar refractivity (Wildman–Crippen MR) is 77.5 cm³/mol. The molecule has 0 amide bonds. The van der Waals surface area contributed by atoms with Gasteiger partial charge in [0.15, 0.2) is 0 Å². The van der Waals surface area contributed by atoms with Gasteiger partial charge in [-0.3, -0.25) is 4.21 Å². The minimum atomic E-state index is -2.19. The van der Waals surface area contributed by atoms with E-state index in [4.69, 9.17) is 0 Å². The van der Waals surface area contributed by atoms with Crippen molar-refractivity contribution in [2.75, 3.05) is 0 Å². The summed E-state index contributed by atoms with van der Waals surface area (Å²) in [4.78, 5) is 2.11. The van der Waals surface area contributed by atoms with E-state index in [1.165, 1.54) is 0 Å². The van der Waals surface area contributed by atoms with Crippen LogP contribution >= 0.6 is 11.8 Å². The quantitative estimate of drug-likeness (QED) is 0.871. The Kier molecular flexibility index (Phi) is 5.21. The standard InChI is InChI=1S/C14H18O3S2/c1-10-13(15)8-7-12(9-14(10)19(16)17)18-11-5-3-2-4-6-11/h2-6,9-10,13-15H,7-8H2,1H3,(H,16,17)/p-1/t10-,13-,14+/m0/s1. The summed E-state index contributed by atoms with van der Waals surface area (Å²) < 4.78 is 22.6. The van der Waals surface area contributed by atoms with Crippen LogP contribution in [0.1, 0.15) is 19.8 Å². The third-order valence-corrected chi connectivity index (χ3v) is 5.50. The molecule has 3 nitrogen and oxygen atoms in total. The first kappa shape index (κ1) is 14.8. The van der Waals surface area contributed by atoms with E-state index in [1.807, 2.05) is 30.3 Å². The Balaban J connectivity index is 2.19. The Bertz CT molecular complexity index is 473. The molecule has 0 aromatic heterocycles. The summed E-state index contributed by atoms with van der Waals surface area (Å²) >= 11 is -0.613. The smallest absolute Gasteiger partial charge is 0.0583 e. The number of thioether (sulfide) groups is 1. The largest absolute Gasteiger partial charge is 0.772 e. The molecule has 1 aliphatic rings. The number of benzene rings is 1. The van der Waals surface area contributed by atoms with Gasteiger partial charge in [0.25, 0.3) is 0 Å². The molecule has 0 fully saturated rings. The molecule has 0 heterocycles. The number of hydrogen-bond acceptors (Lipinski definition) is 4. The summed E-state index contributed by atoms with van der Waals surface area (Å²) in [7, 11) is 0. The summed E-state index contributed by atoms with van der Waals surface area (Å²) in [5, 5.41) is 9.34. The lowest BCUT2D eigenvalue weighted by Gasteiger charge is -2.25. The van der Waals surface area contributed by atoms with Crippen LogP contribution in [0.2, 0.25) is 0 Å². The van der Waals surface area contributed by atoms with Crippen LogP contribution in [-0.2, 0) is 11.1 Å². The molecule has 0 radical (unpaired) electrons. The van der Waals surface area contributed by atoms with Gasteiger partial charge in [-0.15, -0.1) is 0 Å². The van der Waals surface area contributed by atoms with E-state index in [0.717, 1.165) is 16.2 Å². The number of hydrogen-bond donors (Lipinski definition) is 1. The van der Waals surface area contributed by atoms with Crippen LogP contribution in [-0.4, -0.2) is 25.2 Å². The summed E-state index contributed by atoms with van der Waals surface area (Å²) in [5.41, 5.74) is 0. The van der Waals surface area contributed by atoms with Crippen molar-refractivity contribution in [3.05, 3.63) is 41.3 Å². The first-order valence-corrected chi connectivity index (χ1v) is 8.23. The fourth-order valence-corrected chi connectivity index (χ4v) is 4.07. The molecule has 19 heavy (non-hydrogen) atoms. The van der Waals surface area contributed by atoms with Gasteiger partial charge in [0.2, 0.25) is 0 Å². The van der Waals surface area contributed by atoms with Crippen molar-refractivity contribution in [3.8, 4) is 0 Å². The summed E-state index contributed by atoms with van der Waals surface area (Å²) in [6.45, 7) is 1.79. The highest BCUT2D eigenvalue weighted by Crippen LogP contribution is 2.35. The second-order valence-electron chi connectivity index (χ2n) is 4.74.